The zero-order valence-corrected chi connectivity index (χ0v) is 8.23. The SMILES string of the molecule is NC(=S)CNC(=O)C1CCCCO1. The molecule has 0 aromatic heterocycles. The summed E-state index contributed by atoms with van der Waals surface area (Å²) in [7, 11) is 0. The molecule has 5 heteroatoms. The van der Waals surface area contributed by atoms with E-state index in [-0.39, 0.29) is 18.6 Å². The molecule has 0 spiro atoms. The average Bonchev–Trinajstić information content (AvgIpc) is 2.15. The van der Waals surface area contributed by atoms with Gasteiger partial charge in [-0.25, -0.2) is 0 Å². The Bertz CT molecular complexity index is 202. The van der Waals surface area contributed by atoms with E-state index in [2.05, 4.69) is 17.5 Å². The first-order valence-corrected chi connectivity index (χ1v) is 4.78. The van der Waals surface area contributed by atoms with Crippen LogP contribution in [0.4, 0.5) is 0 Å². The van der Waals surface area contributed by atoms with Crippen molar-refractivity contribution in [1.82, 2.24) is 5.32 Å². The highest BCUT2D eigenvalue weighted by Crippen LogP contribution is 2.12. The fraction of sp³-hybridized carbons (Fsp3) is 0.750. The maximum absolute atomic E-state index is 11.4. The number of amides is 1. The van der Waals surface area contributed by atoms with Gasteiger partial charge < -0.3 is 15.8 Å². The number of ether oxygens (including phenoxy) is 1. The van der Waals surface area contributed by atoms with E-state index in [1.807, 2.05) is 0 Å². The summed E-state index contributed by atoms with van der Waals surface area (Å²) in [5.41, 5.74) is 5.25. The fourth-order valence-electron chi connectivity index (χ4n) is 1.24. The van der Waals surface area contributed by atoms with Crippen molar-refractivity contribution in [1.29, 1.82) is 0 Å². The van der Waals surface area contributed by atoms with Crippen LogP contribution in [0.1, 0.15) is 19.3 Å². The molecule has 4 nitrogen and oxygen atoms in total. The molecule has 1 saturated heterocycles. The normalized spacial score (nSPS) is 22.3. The Balaban J connectivity index is 2.25. The van der Waals surface area contributed by atoms with Crippen LogP contribution in [0.3, 0.4) is 0 Å². The molecule has 1 atom stereocenters. The lowest BCUT2D eigenvalue weighted by molar-refractivity contribution is -0.135. The molecule has 0 aliphatic carbocycles. The van der Waals surface area contributed by atoms with Crippen molar-refractivity contribution < 1.29 is 9.53 Å². The first kappa shape index (κ1) is 10.4. The third-order valence-electron chi connectivity index (χ3n) is 1.91. The molecule has 0 aromatic rings. The smallest absolute Gasteiger partial charge is 0.249 e. The van der Waals surface area contributed by atoms with Gasteiger partial charge in [0.1, 0.15) is 6.10 Å². The molecule has 1 aliphatic rings. The van der Waals surface area contributed by atoms with Crippen LogP contribution in [-0.4, -0.2) is 30.2 Å². The monoisotopic (exact) mass is 202 g/mol. The number of hydrogen-bond acceptors (Lipinski definition) is 3. The predicted octanol–water partition coefficient (Wildman–Crippen LogP) is -0.0422. The molecule has 74 valence electrons. The first-order valence-electron chi connectivity index (χ1n) is 4.38. The highest BCUT2D eigenvalue weighted by atomic mass is 32.1. The van der Waals surface area contributed by atoms with Crippen molar-refractivity contribution in [2.24, 2.45) is 5.73 Å². The van der Waals surface area contributed by atoms with Gasteiger partial charge in [-0.15, -0.1) is 0 Å². The second-order valence-corrected chi connectivity index (χ2v) is 3.56. The molecular formula is C8H14N2O2S. The Labute approximate surface area is 82.8 Å². The topological polar surface area (TPSA) is 64.3 Å². The summed E-state index contributed by atoms with van der Waals surface area (Å²) in [6.45, 7) is 0.930. The number of carbonyl (C=O) groups is 1. The Kier molecular flexibility index (Phi) is 4.11. The van der Waals surface area contributed by atoms with Crippen molar-refractivity contribution >= 4 is 23.1 Å². The second-order valence-electron chi connectivity index (χ2n) is 3.04. The van der Waals surface area contributed by atoms with E-state index in [9.17, 15) is 4.79 Å². The zero-order valence-electron chi connectivity index (χ0n) is 7.41. The number of nitrogens with two attached hydrogens (primary N) is 1. The van der Waals surface area contributed by atoms with Crippen molar-refractivity contribution in [3.8, 4) is 0 Å². The first-order chi connectivity index (χ1) is 6.20. The molecule has 0 bridgehead atoms. The van der Waals surface area contributed by atoms with Crippen LogP contribution in [0.5, 0.6) is 0 Å². The largest absolute Gasteiger partial charge is 0.392 e. The summed E-state index contributed by atoms with van der Waals surface area (Å²) in [6, 6.07) is 0. The zero-order chi connectivity index (χ0) is 9.68. The van der Waals surface area contributed by atoms with Crippen molar-refractivity contribution in [3.05, 3.63) is 0 Å². The fourth-order valence-corrected chi connectivity index (χ4v) is 1.31. The summed E-state index contributed by atoms with van der Waals surface area (Å²) >= 11 is 4.64. The highest BCUT2D eigenvalue weighted by molar-refractivity contribution is 7.80. The van der Waals surface area contributed by atoms with Crippen LogP contribution in [0.15, 0.2) is 0 Å². The summed E-state index contributed by atoms with van der Waals surface area (Å²) < 4.78 is 5.28. The average molecular weight is 202 g/mol. The molecule has 1 amide bonds. The Morgan fingerprint density at radius 3 is 2.92 bits per heavy atom. The molecule has 1 heterocycles. The molecule has 3 N–H and O–H groups in total. The Morgan fingerprint density at radius 1 is 1.62 bits per heavy atom. The van der Waals surface area contributed by atoms with E-state index >= 15 is 0 Å². The number of carbonyl (C=O) groups excluding carboxylic acids is 1. The van der Waals surface area contributed by atoms with E-state index in [1.165, 1.54) is 0 Å². The van der Waals surface area contributed by atoms with Crippen molar-refractivity contribution in [2.75, 3.05) is 13.2 Å². The van der Waals surface area contributed by atoms with E-state index in [1.54, 1.807) is 0 Å². The van der Waals surface area contributed by atoms with Crippen LogP contribution in [0.2, 0.25) is 0 Å². The lowest BCUT2D eigenvalue weighted by Crippen LogP contribution is -2.41. The lowest BCUT2D eigenvalue weighted by Gasteiger charge is -2.21. The van der Waals surface area contributed by atoms with Gasteiger partial charge in [-0.2, -0.15) is 0 Å². The molecule has 1 fully saturated rings. The molecular weight excluding hydrogens is 188 g/mol. The molecule has 0 saturated carbocycles. The minimum atomic E-state index is -0.303. The van der Waals surface area contributed by atoms with Gasteiger partial charge in [-0.05, 0) is 19.3 Å². The molecule has 1 unspecified atom stereocenters. The maximum atomic E-state index is 11.4. The van der Waals surface area contributed by atoms with Gasteiger partial charge in [0.25, 0.3) is 0 Å². The molecule has 13 heavy (non-hydrogen) atoms. The third kappa shape index (κ3) is 3.69. The summed E-state index contributed by atoms with van der Waals surface area (Å²) in [6.07, 6.45) is 2.58. The van der Waals surface area contributed by atoms with E-state index in [0.29, 0.717) is 11.6 Å². The third-order valence-corrected chi connectivity index (χ3v) is 2.05. The Hall–Kier alpha value is -0.680. The quantitative estimate of drug-likeness (QED) is 0.630. The van der Waals surface area contributed by atoms with Crippen LogP contribution in [0, 0.1) is 0 Å². The number of nitrogens with one attached hydrogen (secondary N) is 1. The summed E-state index contributed by atoms with van der Waals surface area (Å²) in [4.78, 5) is 11.6. The van der Waals surface area contributed by atoms with Crippen molar-refractivity contribution in [2.45, 2.75) is 25.4 Å². The van der Waals surface area contributed by atoms with Gasteiger partial charge in [0, 0.05) is 6.61 Å². The maximum Gasteiger partial charge on any atom is 0.249 e. The molecule has 0 aromatic carbocycles. The van der Waals surface area contributed by atoms with E-state index < -0.39 is 0 Å². The van der Waals surface area contributed by atoms with E-state index in [4.69, 9.17) is 10.5 Å². The highest BCUT2D eigenvalue weighted by Gasteiger charge is 2.21. The summed E-state index contributed by atoms with van der Waals surface area (Å²) in [5.74, 6) is -0.104. The van der Waals surface area contributed by atoms with Gasteiger partial charge in [-0.1, -0.05) is 12.2 Å². The van der Waals surface area contributed by atoms with Gasteiger partial charge >= 0.3 is 0 Å². The number of thiocarbonyl (C=S) groups is 1. The van der Waals surface area contributed by atoms with Crippen LogP contribution in [-0.2, 0) is 9.53 Å². The number of rotatable bonds is 3. The standard InChI is InChI=1S/C8H14N2O2S/c9-7(13)5-10-8(11)6-3-1-2-4-12-6/h6H,1-5H2,(H2,9,13)(H,10,11). The number of hydrogen-bond donors (Lipinski definition) is 2. The Morgan fingerprint density at radius 2 is 2.38 bits per heavy atom. The summed E-state index contributed by atoms with van der Waals surface area (Å²) in [5, 5.41) is 2.62. The molecule has 1 aliphatic heterocycles. The van der Waals surface area contributed by atoms with Crippen LogP contribution < -0.4 is 11.1 Å². The van der Waals surface area contributed by atoms with Gasteiger partial charge in [-0.3, -0.25) is 4.79 Å². The molecule has 0 radical (unpaired) electrons. The van der Waals surface area contributed by atoms with Gasteiger partial charge in [0.15, 0.2) is 0 Å². The minimum Gasteiger partial charge on any atom is -0.392 e. The lowest BCUT2D eigenvalue weighted by atomic mass is 10.1. The van der Waals surface area contributed by atoms with Crippen LogP contribution in [0.25, 0.3) is 0 Å². The van der Waals surface area contributed by atoms with Gasteiger partial charge in [0.2, 0.25) is 5.91 Å². The predicted molar refractivity (Wildman–Crippen MR) is 53.4 cm³/mol. The van der Waals surface area contributed by atoms with E-state index in [0.717, 1.165) is 19.3 Å². The second kappa shape index (κ2) is 5.14. The van der Waals surface area contributed by atoms with Crippen molar-refractivity contribution in [3.63, 3.8) is 0 Å². The molecule has 1 rings (SSSR count). The van der Waals surface area contributed by atoms with Gasteiger partial charge in [0.05, 0.1) is 11.5 Å². The van der Waals surface area contributed by atoms with Crippen LogP contribution >= 0.6 is 12.2 Å². The minimum absolute atomic E-state index is 0.104.